The number of nitrogens with one attached hydrogen (secondary N) is 1. The highest BCUT2D eigenvalue weighted by Gasteiger charge is 2.51. The summed E-state index contributed by atoms with van der Waals surface area (Å²) in [6.07, 6.45) is 2.69. The number of carbonyl (C=O) groups is 2. The summed E-state index contributed by atoms with van der Waals surface area (Å²) in [7, 11) is 0. The number of amides is 1. The van der Waals surface area contributed by atoms with Gasteiger partial charge < -0.3 is 10.4 Å². The van der Waals surface area contributed by atoms with E-state index in [1.807, 2.05) is 0 Å². The summed E-state index contributed by atoms with van der Waals surface area (Å²) in [4.78, 5) is 23.6. The first kappa shape index (κ1) is 14.3. The van der Waals surface area contributed by atoms with Gasteiger partial charge in [0.15, 0.2) is 0 Å². The molecule has 6 heteroatoms. The first-order valence-electron chi connectivity index (χ1n) is 6.96. The first-order valence-corrected chi connectivity index (χ1v) is 7.34. The van der Waals surface area contributed by atoms with Gasteiger partial charge >= 0.3 is 5.97 Å². The number of benzene rings is 1. The van der Waals surface area contributed by atoms with Crippen molar-refractivity contribution in [3.63, 3.8) is 0 Å². The Labute approximate surface area is 126 Å². The van der Waals surface area contributed by atoms with Crippen LogP contribution < -0.4 is 5.32 Å². The van der Waals surface area contributed by atoms with E-state index in [4.69, 9.17) is 11.6 Å². The average Bonchev–Trinajstić information content (AvgIpc) is 3.02. The molecule has 1 aromatic rings. The number of carbonyl (C=O) groups excluding carboxylic acids is 1. The lowest BCUT2D eigenvalue weighted by Crippen LogP contribution is -2.46. The van der Waals surface area contributed by atoms with Gasteiger partial charge in [-0.15, -0.1) is 0 Å². The van der Waals surface area contributed by atoms with Crippen molar-refractivity contribution < 1.29 is 19.1 Å². The Morgan fingerprint density at radius 2 is 2.00 bits per heavy atom. The van der Waals surface area contributed by atoms with Crippen molar-refractivity contribution >= 4 is 23.5 Å². The van der Waals surface area contributed by atoms with E-state index in [0.717, 1.165) is 25.3 Å². The molecule has 0 aliphatic heterocycles. The second kappa shape index (κ2) is 5.30. The van der Waals surface area contributed by atoms with Crippen LogP contribution in [0.1, 0.15) is 29.6 Å². The Balaban J connectivity index is 1.77. The van der Waals surface area contributed by atoms with Crippen molar-refractivity contribution in [1.29, 1.82) is 0 Å². The van der Waals surface area contributed by atoms with Gasteiger partial charge in [0.05, 0.1) is 10.9 Å². The van der Waals surface area contributed by atoms with Gasteiger partial charge in [-0.1, -0.05) is 11.6 Å². The lowest BCUT2D eigenvalue weighted by atomic mass is 9.84. The minimum Gasteiger partial charge on any atom is -0.481 e. The number of carboxylic acid groups (broad SMARTS) is 1. The molecule has 1 amide bonds. The molecule has 4 atom stereocenters. The Bertz CT molecular complexity index is 607. The van der Waals surface area contributed by atoms with Crippen molar-refractivity contribution in [3.8, 4) is 0 Å². The molecule has 2 aliphatic rings. The Morgan fingerprint density at radius 3 is 2.67 bits per heavy atom. The van der Waals surface area contributed by atoms with Gasteiger partial charge in [0.2, 0.25) is 0 Å². The standard InChI is InChI=1S/C15H15ClFNO3/c16-10-4-3-9(6-11(10)17)14(19)18-13-8-2-1-7(5-8)12(13)15(20)21/h3-4,6-8,12-13H,1-2,5H2,(H,18,19)(H,20,21). The van der Waals surface area contributed by atoms with E-state index in [1.54, 1.807) is 0 Å². The number of rotatable bonds is 3. The molecule has 21 heavy (non-hydrogen) atoms. The highest BCUT2D eigenvalue weighted by Crippen LogP contribution is 2.48. The molecular weight excluding hydrogens is 297 g/mol. The predicted molar refractivity (Wildman–Crippen MR) is 74.6 cm³/mol. The van der Waals surface area contributed by atoms with Gasteiger partial charge in [-0.05, 0) is 49.3 Å². The minimum absolute atomic E-state index is 0.0464. The van der Waals surface area contributed by atoms with Gasteiger partial charge in [0.25, 0.3) is 5.91 Å². The SMILES string of the molecule is O=C(NC1C2CCC(C2)C1C(=O)O)c1ccc(Cl)c(F)c1. The van der Waals surface area contributed by atoms with E-state index in [0.29, 0.717) is 0 Å². The number of aliphatic carboxylic acids is 1. The van der Waals surface area contributed by atoms with E-state index in [-0.39, 0.29) is 28.5 Å². The zero-order valence-corrected chi connectivity index (χ0v) is 11.9. The summed E-state index contributed by atoms with van der Waals surface area (Å²) in [5, 5.41) is 12.1. The molecule has 2 N–H and O–H groups in total. The fourth-order valence-electron chi connectivity index (χ4n) is 3.73. The van der Waals surface area contributed by atoms with E-state index in [1.165, 1.54) is 12.1 Å². The smallest absolute Gasteiger partial charge is 0.308 e. The van der Waals surface area contributed by atoms with Crippen molar-refractivity contribution in [3.05, 3.63) is 34.6 Å². The lowest BCUT2D eigenvalue weighted by molar-refractivity contribution is -0.144. The average molecular weight is 312 g/mol. The highest BCUT2D eigenvalue weighted by atomic mass is 35.5. The quantitative estimate of drug-likeness (QED) is 0.902. The van der Waals surface area contributed by atoms with Crippen molar-refractivity contribution in [2.75, 3.05) is 0 Å². The zero-order valence-electron chi connectivity index (χ0n) is 11.2. The van der Waals surface area contributed by atoms with Gasteiger partial charge in [0, 0.05) is 11.6 Å². The summed E-state index contributed by atoms with van der Waals surface area (Å²) in [6.45, 7) is 0. The molecule has 2 fully saturated rings. The van der Waals surface area contributed by atoms with Gasteiger partial charge in [0.1, 0.15) is 5.82 Å². The van der Waals surface area contributed by atoms with Crippen LogP contribution in [0.15, 0.2) is 18.2 Å². The monoisotopic (exact) mass is 311 g/mol. The summed E-state index contributed by atoms with van der Waals surface area (Å²) >= 11 is 5.59. The van der Waals surface area contributed by atoms with Crippen LogP contribution in [-0.2, 0) is 4.79 Å². The van der Waals surface area contributed by atoms with Gasteiger partial charge in [-0.25, -0.2) is 4.39 Å². The van der Waals surface area contributed by atoms with Crippen LogP contribution in [0.4, 0.5) is 4.39 Å². The predicted octanol–water partition coefficient (Wildman–Crippen LogP) is 2.71. The summed E-state index contributed by atoms with van der Waals surface area (Å²) in [6, 6.07) is 3.46. The van der Waals surface area contributed by atoms with E-state index in [2.05, 4.69) is 5.32 Å². The van der Waals surface area contributed by atoms with Gasteiger partial charge in [-0.3, -0.25) is 9.59 Å². The molecule has 112 valence electrons. The normalized spacial score (nSPS) is 30.4. The van der Waals surface area contributed by atoms with Crippen LogP contribution in [0.3, 0.4) is 0 Å². The largest absolute Gasteiger partial charge is 0.481 e. The molecule has 2 aliphatic carbocycles. The summed E-state index contributed by atoms with van der Waals surface area (Å²) in [5.74, 6) is -2.17. The van der Waals surface area contributed by atoms with Crippen LogP contribution in [0.2, 0.25) is 5.02 Å². The maximum atomic E-state index is 13.4. The molecule has 4 nitrogen and oxygen atoms in total. The van der Waals surface area contributed by atoms with E-state index in [9.17, 15) is 19.1 Å². The fraction of sp³-hybridized carbons (Fsp3) is 0.467. The van der Waals surface area contributed by atoms with Crippen molar-refractivity contribution in [2.24, 2.45) is 17.8 Å². The molecule has 0 saturated heterocycles. The van der Waals surface area contributed by atoms with E-state index >= 15 is 0 Å². The van der Waals surface area contributed by atoms with Crippen molar-refractivity contribution in [1.82, 2.24) is 5.32 Å². The third-order valence-electron chi connectivity index (χ3n) is 4.68. The number of carboxylic acids is 1. The molecular formula is C15H15ClFNO3. The molecule has 0 radical (unpaired) electrons. The number of fused-ring (bicyclic) bond motifs is 2. The molecule has 4 unspecified atom stereocenters. The third-order valence-corrected chi connectivity index (χ3v) is 4.99. The number of hydrogen-bond donors (Lipinski definition) is 2. The molecule has 0 aromatic heterocycles. The Hall–Kier alpha value is -1.62. The van der Waals surface area contributed by atoms with Crippen LogP contribution >= 0.6 is 11.6 Å². The molecule has 2 saturated carbocycles. The maximum absolute atomic E-state index is 13.4. The first-order chi connectivity index (χ1) is 9.97. The molecule has 1 aromatic carbocycles. The van der Waals surface area contributed by atoms with Crippen LogP contribution in [0, 0.1) is 23.6 Å². The van der Waals surface area contributed by atoms with Crippen LogP contribution in [-0.4, -0.2) is 23.0 Å². The third kappa shape index (κ3) is 2.50. The van der Waals surface area contributed by atoms with Crippen molar-refractivity contribution in [2.45, 2.75) is 25.3 Å². The zero-order chi connectivity index (χ0) is 15.1. The lowest BCUT2D eigenvalue weighted by Gasteiger charge is -2.28. The second-order valence-electron chi connectivity index (χ2n) is 5.83. The second-order valence-corrected chi connectivity index (χ2v) is 6.23. The summed E-state index contributed by atoms with van der Waals surface area (Å²) < 4.78 is 13.4. The van der Waals surface area contributed by atoms with Crippen LogP contribution in [0.25, 0.3) is 0 Å². The Morgan fingerprint density at radius 1 is 1.29 bits per heavy atom. The fourth-order valence-corrected chi connectivity index (χ4v) is 3.84. The number of hydrogen-bond acceptors (Lipinski definition) is 2. The highest BCUT2D eigenvalue weighted by molar-refractivity contribution is 6.30. The van der Waals surface area contributed by atoms with Crippen LogP contribution in [0.5, 0.6) is 0 Å². The molecule has 0 heterocycles. The Kier molecular flexibility index (Phi) is 3.61. The number of halogens is 2. The minimum atomic E-state index is -0.866. The maximum Gasteiger partial charge on any atom is 0.308 e. The molecule has 2 bridgehead atoms. The molecule has 3 rings (SSSR count). The topological polar surface area (TPSA) is 66.4 Å². The molecule has 0 spiro atoms. The van der Waals surface area contributed by atoms with Gasteiger partial charge in [-0.2, -0.15) is 0 Å². The summed E-state index contributed by atoms with van der Waals surface area (Å²) in [5.41, 5.74) is 0.156. The van der Waals surface area contributed by atoms with E-state index < -0.39 is 23.6 Å².